The highest BCUT2D eigenvalue weighted by atomic mass is 15.2. The molecule has 0 rings (SSSR count). The molecule has 16 heavy (non-hydrogen) atoms. The first-order valence-corrected chi connectivity index (χ1v) is 6.65. The van der Waals surface area contributed by atoms with Gasteiger partial charge in [-0.25, -0.2) is 0 Å². The van der Waals surface area contributed by atoms with Gasteiger partial charge in [-0.2, -0.15) is 0 Å². The Morgan fingerprint density at radius 2 is 1.81 bits per heavy atom. The number of hydrogen-bond donors (Lipinski definition) is 1. The molecule has 0 aromatic rings. The molecule has 98 valence electrons. The maximum atomic E-state index is 3.22. The molecular formula is C13H31N3. The summed E-state index contributed by atoms with van der Waals surface area (Å²) in [5.74, 6) is 0. The zero-order valence-electron chi connectivity index (χ0n) is 11.9. The van der Waals surface area contributed by atoms with Gasteiger partial charge in [0, 0.05) is 19.1 Å². The predicted molar refractivity (Wildman–Crippen MR) is 73.0 cm³/mol. The average molecular weight is 229 g/mol. The van der Waals surface area contributed by atoms with Crippen molar-refractivity contribution in [2.24, 2.45) is 0 Å². The van der Waals surface area contributed by atoms with Crippen LogP contribution in [0.4, 0.5) is 0 Å². The lowest BCUT2D eigenvalue weighted by Gasteiger charge is -2.30. The molecule has 1 unspecified atom stereocenters. The Labute approximate surface area is 102 Å². The molecule has 1 atom stereocenters. The lowest BCUT2D eigenvalue weighted by molar-refractivity contribution is 0.179. The Hall–Kier alpha value is -0.120. The van der Waals surface area contributed by atoms with Gasteiger partial charge < -0.3 is 10.2 Å². The molecule has 0 aliphatic rings. The van der Waals surface area contributed by atoms with E-state index in [0.29, 0.717) is 6.04 Å². The molecule has 0 bridgehead atoms. The predicted octanol–water partition coefficient (Wildman–Crippen LogP) is 1.65. The van der Waals surface area contributed by atoms with Gasteiger partial charge in [-0.05, 0) is 60.4 Å². The van der Waals surface area contributed by atoms with Crippen molar-refractivity contribution in [3.63, 3.8) is 0 Å². The van der Waals surface area contributed by atoms with Crippen molar-refractivity contribution in [2.75, 3.05) is 47.3 Å². The number of hydrogen-bond acceptors (Lipinski definition) is 3. The fourth-order valence-corrected chi connectivity index (χ4v) is 1.93. The van der Waals surface area contributed by atoms with Gasteiger partial charge in [-0.3, -0.25) is 4.90 Å². The van der Waals surface area contributed by atoms with Crippen LogP contribution in [0, 0.1) is 0 Å². The second-order valence-electron chi connectivity index (χ2n) is 4.93. The SMILES string of the molecule is CCCN(CCN(C)C)C(C)CCCNC. The van der Waals surface area contributed by atoms with E-state index in [-0.39, 0.29) is 0 Å². The minimum absolute atomic E-state index is 0.716. The van der Waals surface area contributed by atoms with Crippen molar-refractivity contribution >= 4 is 0 Å². The fourth-order valence-electron chi connectivity index (χ4n) is 1.93. The van der Waals surface area contributed by atoms with Gasteiger partial charge >= 0.3 is 0 Å². The Morgan fingerprint density at radius 1 is 1.12 bits per heavy atom. The highest BCUT2D eigenvalue weighted by molar-refractivity contribution is 4.68. The minimum Gasteiger partial charge on any atom is -0.320 e. The number of nitrogens with one attached hydrogen (secondary N) is 1. The van der Waals surface area contributed by atoms with E-state index in [4.69, 9.17) is 0 Å². The van der Waals surface area contributed by atoms with Gasteiger partial charge in [-0.1, -0.05) is 6.92 Å². The van der Waals surface area contributed by atoms with Gasteiger partial charge in [0.05, 0.1) is 0 Å². The van der Waals surface area contributed by atoms with Crippen LogP contribution in [0.2, 0.25) is 0 Å². The quantitative estimate of drug-likeness (QED) is 0.575. The standard InChI is InChI=1S/C13H31N3/c1-6-10-16(12-11-15(4)5)13(2)8-7-9-14-3/h13-14H,6-12H2,1-5H3. The second kappa shape index (κ2) is 10.1. The van der Waals surface area contributed by atoms with E-state index >= 15 is 0 Å². The smallest absolute Gasteiger partial charge is 0.0112 e. The molecule has 0 spiro atoms. The number of nitrogens with zero attached hydrogens (tertiary/aromatic N) is 2. The topological polar surface area (TPSA) is 18.5 Å². The van der Waals surface area contributed by atoms with Crippen LogP contribution < -0.4 is 5.32 Å². The highest BCUT2D eigenvalue weighted by Gasteiger charge is 2.12. The van der Waals surface area contributed by atoms with E-state index in [1.54, 1.807) is 0 Å². The maximum Gasteiger partial charge on any atom is 0.0112 e. The van der Waals surface area contributed by atoms with Crippen LogP contribution in [-0.2, 0) is 0 Å². The van der Waals surface area contributed by atoms with Crippen LogP contribution in [-0.4, -0.2) is 63.2 Å². The van der Waals surface area contributed by atoms with E-state index < -0.39 is 0 Å². The number of likely N-dealkylation sites (N-methyl/N-ethyl adjacent to an activating group) is 1. The summed E-state index contributed by atoms with van der Waals surface area (Å²) in [5, 5.41) is 3.22. The summed E-state index contributed by atoms with van der Waals surface area (Å²) in [6.45, 7) is 9.36. The zero-order valence-corrected chi connectivity index (χ0v) is 11.9. The second-order valence-corrected chi connectivity index (χ2v) is 4.93. The van der Waals surface area contributed by atoms with E-state index in [0.717, 1.165) is 13.1 Å². The summed E-state index contributed by atoms with van der Waals surface area (Å²) in [4.78, 5) is 4.89. The molecule has 3 heteroatoms. The normalized spacial score (nSPS) is 13.7. The summed E-state index contributed by atoms with van der Waals surface area (Å²) >= 11 is 0. The Kier molecular flexibility index (Phi) is 9.99. The van der Waals surface area contributed by atoms with E-state index in [1.165, 1.54) is 32.4 Å². The minimum atomic E-state index is 0.716. The molecule has 0 fully saturated rings. The zero-order chi connectivity index (χ0) is 12.4. The first kappa shape index (κ1) is 15.9. The highest BCUT2D eigenvalue weighted by Crippen LogP contribution is 2.07. The van der Waals surface area contributed by atoms with Crippen LogP contribution in [0.15, 0.2) is 0 Å². The molecule has 3 nitrogen and oxygen atoms in total. The van der Waals surface area contributed by atoms with Gasteiger partial charge in [0.2, 0.25) is 0 Å². The van der Waals surface area contributed by atoms with Crippen LogP contribution in [0.1, 0.15) is 33.1 Å². The third-order valence-corrected chi connectivity index (χ3v) is 3.02. The largest absolute Gasteiger partial charge is 0.320 e. The molecule has 0 heterocycles. The molecule has 0 amide bonds. The molecule has 0 aliphatic heterocycles. The fraction of sp³-hybridized carbons (Fsp3) is 1.00. The molecule has 0 aromatic carbocycles. The third-order valence-electron chi connectivity index (χ3n) is 3.02. The first-order valence-electron chi connectivity index (χ1n) is 6.65. The van der Waals surface area contributed by atoms with Crippen molar-refractivity contribution in [1.82, 2.24) is 15.1 Å². The van der Waals surface area contributed by atoms with Crippen molar-refractivity contribution in [3.05, 3.63) is 0 Å². The van der Waals surface area contributed by atoms with Crippen LogP contribution in [0.25, 0.3) is 0 Å². The third kappa shape index (κ3) is 8.08. The molecular weight excluding hydrogens is 198 g/mol. The molecule has 0 radical (unpaired) electrons. The molecule has 1 N–H and O–H groups in total. The molecule has 0 saturated heterocycles. The van der Waals surface area contributed by atoms with Crippen LogP contribution in [0.3, 0.4) is 0 Å². The lowest BCUT2D eigenvalue weighted by atomic mass is 10.1. The first-order chi connectivity index (χ1) is 7.61. The lowest BCUT2D eigenvalue weighted by Crippen LogP contribution is -2.39. The van der Waals surface area contributed by atoms with Crippen molar-refractivity contribution in [2.45, 2.75) is 39.2 Å². The van der Waals surface area contributed by atoms with Crippen LogP contribution >= 0.6 is 0 Å². The molecule has 0 aliphatic carbocycles. The summed E-state index contributed by atoms with van der Waals surface area (Å²) in [6.07, 6.45) is 3.83. The van der Waals surface area contributed by atoms with Crippen LogP contribution in [0.5, 0.6) is 0 Å². The van der Waals surface area contributed by atoms with Gasteiger partial charge in [0.25, 0.3) is 0 Å². The number of rotatable bonds is 10. The molecule has 0 saturated carbocycles. The summed E-state index contributed by atoms with van der Waals surface area (Å²) in [7, 11) is 6.33. The van der Waals surface area contributed by atoms with Gasteiger partial charge in [0.1, 0.15) is 0 Å². The Balaban J connectivity index is 3.87. The van der Waals surface area contributed by atoms with Crippen molar-refractivity contribution in [1.29, 1.82) is 0 Å². The summed E-state index contributed by atoms with van der Waals surface area (Å²) in [6, 6.07) is 0.716. The van der Waals surface area contributed by atoms with E-state index in [9.17, 15) is 0 Å². The van der Waals surface area contributed by atoms with E-state index in [1.807, 2.05) is 7.05 Å². The van der Waals surface area contributed by atoms with Gasteiger partial charge in [-0.15, -0.1) is 0 Å². The monoisotopic (exact) mass is 229 g/mol. The van der Waals surface area contributed by atoms with E-state index in [2.05, 4.69) is 43.1 Å². The average Bonchev–Trinajstić information content (AvgIpc) is 2.24. The van der Waals surface area contributed by atoms with Crippen molar-refractivity contribution in [3.8, 4) is 0 Å². The molecule has 0 aromatic heterocycles. The Morgan fingerprint density at radius 3 is 2.31 bits per heavy atom. The maximum absolute atomic E-state index is 3.22. The summed E-state index contributed by atoms with van der Waals surface area (Å²) in [5.41, 5.74) is 0. The summed E-state index contributed by atoms with van der Waals surface area (Å²) < 4.78 is 0. The van der Waals surface area contributed by atoms with Gasteiger partial charge in [0.15, 0.2) is 0 Å². The van der Waals surface area contributed by atoms with Crippen molar-refractivity contribution < 1.29 is 0 Å². The Bertz CT molecular complexity index is 148.